The van der Waals surface area contributed by atoms with Gasteiger partial charge in [0.2, 0.25) is 11.8 Å². The monoisotopic (exact) mass is 521 g/mol. The summed E-state index contributed by atoms with van der Waals surface area (Å²) in [5, 5.41) is 2.65. The number of thioether (sulfide) groups is 1. The smallest absolute Gasteiger partial charge is 0.238 e. The van der Waals surface area contributed by atoms with Crippen molar-refractivity contribution in [3.63, 3.8) is 0 Å². The fraction of sp³-hybridized carbons (Fsp3) is 0.250. The molecule has 192 valence electrons. The zero-order chi connectivity index (χ0) is 26.4. The van der Waals surface area contributed by atoms with Gasteiger partial charge < -0.3 is 14.8 Å². The molecule has 0 bridgehead atoms. The number of amides is 2. The number of nitrogens with zero attached hydrogens (tertiary/aromatic N) is 2. The molecular formula is C28H28FN3O4S. The SMILES string of the molecule is COc1ccc(CCN2C(=O)C[C@H](C(=O)Nc3cccc(C)c3)SC2=Nc2ccc(F)cc2)cc1OC. The number of anilines is 1. The number of ether oxygens (including phenoxy) is 2. The van der Waals surface area contributed by atoms with E-state index in [-0.39, 0.29) is 24.1 Å². The Bertz CT molecular complexity index is 1310. The van der Waals surface area contributed by atoms with Crippen LogP contribution in [0.25, 0.3) is 0 Å². The van der Waals surface area contributed by atoms with Crippen molar-refractivity contribution in [2.75, 3.05) is 26.1 Å². The predicted molar refractivity (Wildman–Crippen MR) is 144 cm³/mol. The third-order valence-corrected chi connectivity index (χ3v) is 7.03. The van der Waals surface area contributed by atoms with Gasteiger partial charge in [-0.25, -0.2) is 9.38 Å². The molecule has 1 N–H and O–H groups in total. The van der Waals surface area contributed by atoms with Gasteiger partial charge in [0.25, 0.3) is 0 Å². The molecule has 0 unspecified atom stereocenters. The molecule has 2 amide bonds. The topological polar surface area (TPSA) is 80.2 Å². The number of amidine groups is 1. The number of nitrogens with one attached hydrogen (secondary N) is 1. The standard InChI is InChI=1S/C28H28FN3O4S/c1-18-5-4-6-22(15-18)30-27(34)25-17-26(33)32(28(37-25)31-21-10-8-20(29)9-11-21)14-13-19-7-12-23(35-2)24(16-19)36-3/h4-12,15-16,25H,13-14,17H2,1-3H3,(H,30,34)/t25-/m1/s1. The van der Waals surface area contributed by atoms with E-state index < -0.39 is 5.25 Å². The molecule has 37 heavy (non-hydrogen) atoms. The third kappa shape index (κ3) is 6.68. The molecule has 3 aromatic carbocycles. The van der Waals surface area contributed by atoms with E-state index in [1.807, 2.05) is 49.4 Å². The first-order chi connectivity index (χ1) is 17.9. The lowest BCUT2D eigenvalue weighted by molar-refractivity contribution is -0.129. The maximum atomic E-state index is 13.4. The molecule has 1 heterocycles. The van der Waals surface area contributed by atoms with E-state index in [0.29, 0.717) is 41.0 Å². The van der Waals surface area contributed by atoms with Gasteiger partial charge in [0.1, 0.15) is 11.1 Å². The van der Waals surface area contributed by atoms with E-state index in [2.05, 4.69) is 10.3 Å². The van der Waals surface area contributed by atoms with E-state index in [0.717, 1.165) is 11.1 Å². The zero-order valence-electron chi connectivity index (χ0n) is 20.9. The first-order valence-corrected chi connectivity index (χ1v) is 12.6. The Kier molecular flexibility index (Phi) is 8.45. The Labute approximate surface area is 219 Å². The van der Waals surface area contributed by atoms with Crippen LogP contribution in [0.5, 0.6) is 11.5 Å². The Morgan fingerprint density at radius 3 is 2.54 bits per heavy atom. The van der Waals surface area contributed by atoms with E-state index in [4.69, 9.17) is 9.47 Å². The number of aliphatic imine (C=N–C) groups is 1. The highest BCUT2D eigenvalue weighted by atomic mass is 32.2. The highest BCUT2D eigenvalue weighted by molar-refractivity contribution is 8.15. The van der Waals surface area contributed by atoms with Crippen LogP contribution in [0.3, 0.4) is 0 Å². The number of carbonyl (C=O) groups is 2. The number of aryl methyl sites for hydroxylation is 1. The molecule has 4 rings (SSSR count). The molecule has 1 atom stereocenters. The lowest BCUT2D eigenvalue weighted by Gasteiger charge is -2.32. The van der Waals surface area contributed by atoms with Crippen molar-refractivity contribution >= 4 is 40.1 Å². The van der Waals surface area contributed by atoms with E-state index in [1.165, 1.54) is 36.0 Å². The van der Waals surface area contributed by atoms with Crippen molar-refractivity contribution in [3.8, 4) is 11.5 Å². The second-order valence-corrected chi connectivity index (χ2v) is 9.69. The van der Waals surface area contributed by atoms with Crippen LogP contribution in [-0.4, -0.2) is 47.9 Å². The second kappa shape index (κ2) is 11.9. The molecule has 1 saturated heterocycles. The van der Waals surface area contributed by atoms with Crippen LogP contribution in [0.2, 0.25) is 0 Å². The number of hydrogen-bond donors (Lipinski definition) is 1. The first-order valence-electron chi connectivity index (χ1n) is 11.8. The van der Waals surface area contributed by atoms with Gasteiger partial charge in [-0.3, -0.25) is 14.5 Å². The molecule has 1 aliphatic heterocycles. The maximum absolute atomic E-state index is 13.4. The summed E-state index contributed by atoms with van der Waals surface area (Å²) < 4.78 is 24.1. The van der Waals surface area contributed by atoms with Crippen molar-refractivity contribution < 1.29 is 23.5 Å². The van der Waals surface area contributed by atoms with Crippen molar-refractivity contribution in [1.29, 1.82) is 0 Å². The van der Waals surface area contributed by atoms with Crippen molar-refractivity contribution in [1.82, 2.24) is 4.90 Å². The molecular weight excluding hydrogens is 493 g/mol. The summed E-state index contributed by atoms with van der Waals surface area (Å²) in [6, 6.07) is 18.8. The molecule has 1 fully saturated rings. The largest absolute Gasteiger partial charge is 0.493 e. The number of rotatable bonds is 8. The number of methoxy groups -OCH3 is 2. The molecule has 0 spiro atoms. The van der Waals surface area contributed by atoms with Gasteiger partial charge >= 0.3 is 0 Å². The van der Waals surface area contributed by atoms with Gasteiger partial charge in [0.05, 0.1) is 19.9 Å². The average molecular weight is 522 g/mol. The van der Waals surface area contributed by atoms with Crippen molar-refractivity contribution in [2.24, 2.45) is 4.99 Å². The highest BCUT2D eigenvalue weighted by Gasteiger charge is 2.35. The molecule has 0 aromatic heterocycles. The molecule has 9 heteroatoms. The minimum Gasteiger partial charge on any atom is -0.493 e. The summed E-state index contributed by atoms with van der Waals surface area (Å²) >= 11 is 1.23. The predicted octanol–water partition coefficient (Wildman–Crippen LogP) is 5.35. The molecule has 0 saturated carbocycles. The summed E-state index contributed by atoms with van der Waals surface area (Å²) in [5.74, 6) is 0.376. The Balaban J connectivity index is 1.55. The van der Waals surface area contributed by atoms with E-state index >= 15 is 0 Å². The number of halogens is 1. The minimum atomic E-state index is -0.649. The van der Waals surface area contributed by atoms with Crippen LogP contribution in [0.15, 0.2) is 71.7 Å². The van der Waals surface area contributed by atoms with Crippen molar-refractivity contribution in [2.45, 2.75) is 25.0 Å². The molecule has 7 nitrogen and oxygen atoms in total. The summed E-state index contributed by atoms with van der Waals surface area (Å²) in [4.78, 5) is 32.5. The van der Waals surface area contributed by atoms with Crippen LogP contribution in [0, 0.1) is 12.7 Å². The number of hydrogen-bond acceptors (Lipinski definition) is 6. The van der Waals surface area contributed by atoms with Crippen LogP contribution in [0.1, 0.15) is 17.5 Å². The van der Waals surface area contributed by atoms with Gasteiger partial charge in [-0.1, -0.05) is 30.0 Å². The van der Waals surface area contributed by atoms with Gasteiger partial charge in [0.15, 0.2) is 16.7 Å². The Morgan fingerprint density at radius 1 is 1.08 bits per heavy atom. The Morgan fingerprint density at radius 2 is 1.84 bits per heavy atom. The summed E-state index contributed by atoms with van der Waals surface area (Å²) in [5.41, 5.74) is 3.14. The minimum absolute atomic E-state index is 0.0384. The number of benzene rings is 3. The van der Waals surface area contributed by atoms with Crippen LogP contribution < -0.4 is 14.8 Å². The summed E-state index contributed by atoms with van der Waals surface area (Å²) in [6.07, 6.45) is 0.575. The summed E-state index contributed by atoms with van der Waals surface area (Å²) in [6.45, 7) is 2.30. The normalized spacial score (nSPS) is 16.5. The molecule has 1 aliphatic rings. The maximum Gasteiger partial charge on any atom is 0.238 e. The quantitative estimate of drug-likeness (QED) is 0.432. The third-order valence-electron chi connectivity index (χ3n) is 5.84. The van der Waals surface area contributed by atoms with Gasteiger partial charge in [-0.15, -0.1) is 0 Å². The lowest BCUT2D eigenvalue weighted by Crippen LogP contribution is -2.46. The molecule has 0 aliphatic carbocycles. The fourth-order valence-electron chi connectivity index (χ4n) is 3.91. The van der Waals surface area contributed by atoms with Gasteiger partial charge in [-0.05, 0) is 73.0 Å². The first kappa shape index (κ1) is 26.2. The molecule has 0 radical (unpaired) electrons. The second-order valence-electron chi connectivity index (χ2n) is 8.52. The lowest BCUT2D eigenvalue weighted by atomic mass is 10.1. The average Bonchev–Trinajstić information content (AvgIpc) is 2.89. The van der Waals surface area contributed by atoms with Crippen molar-refractivity contribution in [3.05, 3.63) is 83.7 Å². The fourth-order valence-corrected chi connectivity index (χ4v) is 5.03. The highest BCUT2D eigenvalue weighted by Crippen LogP contribution is 2.31. The van der Waals surface area contributed by atoms with Crippen LogP contribution in [0.4, 0.5) is 15.8 Å². The van der Waals surface area contributed by atoms with Crippen LogP contribution >= 0.6 is 11.8 Å². The van der Waals surface area contributed by atoms with E-state index in [9.17, 15) is 14.0 Å². The molecule has 3 aromatic rings. The van der Waals surface area contributed by atoms with E-state index in [1.54, 1.807) is 19.1 Å². The van der Waals surface area contributed by atoms with Crippen LogP contribution in [-0.2, 0) is 16.0 Å². The zero-order valence-corrected chi connectivity index (χ0v) is 21.7. The van der Waals surface area contributed by atoms with Gasteiger partial charge in [0, 0.05) is 18.7 Å². The van der Waals surface area contributed by atoms with Gasteiger partial charge in [-0.2, -0.15) is 0 Å². The number of carbonyl (C=O) groups excluding carboxylic acids is 2. The Hall–Kier alpha value is -3.85. The summed E-state index contributed by atoms with van der Waals surface area (Å²) in [7, 11) is 3.15.